The smallest absolute Gasteiger partial charge is 0.231 e. The monoisotopic (exact) mass is 363 g/mol. The van der Waals surface area contributed by atoms with E-state index >= 15 is 0 Å². The van der Waals surface area contributed by atoms with Gasteiger partial charge >= 0.3 is 0 Å². The van der Waals surface area contributed by atoms with Crippen molar-refractivity contribution in [3.63, 3.8) is 0 Å². The highest BCUT2D eigenvalue weighted by Gasteiger charge is 2.32. The van der Waals surface area contributed by atoms with Crippen molar-refractivity contribution in [3.05, 3.63) is 60.0 Å². The van der Waals surface area contributed by atoms with Gasteiger partial charge in [0.1, 0.15) is 17.9 Å². The van der Waals surface area contributed by atoms with Crippen LogP contribution in [0.5, 0.6) is 17.2 Å². The number of benzene rings is 2. The van der Waals surface area contributed by atoms with Crippen molar-refractivity contribution in [2.45, 2.75) is 12.3 Å². The van der Waals surface area contributed by atoms with Crippen LogP contribution in [0.15, 0.2) is 48.8 Å². The van der Waals surface area contributed by atoms with Gasteiger partial charge in [-0.2, -0.15) is 0 Å². The number of carbonyl (C=O) groups excluding carboxylic acids is 1. The highest BCUT2D eigenvalue weighted by Crippen LogP contribution is 2.41. The summed E-state index contributed by atoms with van der Waals surface area (Å²) in [6, 6.07) is 13.4. The van der Waals surface area contributed by atoms with Gasteiger partial charge in [-0.1, -0.05) is 6.07 Å². The summed E-state index contributed by atoms with van der Waals surface area (Å²) >= 11 is 0. The number of aromatic nitrogens is 2. The van der Waals surface area contributed by atoms with E-state index in [4.69, 9.17) is 14.2 Å². The summed E-state index contributed by atoms with van der Waals surface area (Å²) in [5, 5.41) is 2.96. The summed E-state index contributed by atoms with van der Waals surface area (Å²) < 4.78 is 18.0. The van der Waals surface area contributed by atoms with Gasteiger partial charge in [0.2, 0.25) is 12.7 Å². The lowest BCUT2D eigenvalue weighted by Gasteiger charge is -2.23. The van der Waals surface area contributed by atoms with E-state index < -0.39 is 0 Å². The Labute approximate surface area is 155 Å². The molecule has 0 unspecified atom stereocenters. The zero-order valence-electron chi connectivity index (χ0n) is 14.6. The second kappa shape index (κ2) is 6.05. The highest BCUT2D eigenvalue weighted by molar-refractivity contribution is 5.94. The standard InChI is InChI=1S/C20H17N3O4/c1-25-14-5-3-13(4-6-14)23-10-21-19-15(9-18(24)22-20(19)23)12-2-7-16-17(8-12)27-11-26-16/h2-8,10,15H,9,11H2,1H3,(H,22,24)/t15-/m1/s1. The Balaban J connectivity index is 1.56. The first-order valence-electron chi connectivity index (χ1n) is 8.64. The van der Waals surface area contributed by atoms with Crippen molar-refractivity contribution in [3.8, 4) is 22.9 Å². The lowest BCUT2D eigenvalue weighted by atomic mass is 9.89. The number of methoxy groups -OCH3 is 1. The molecule has 1 aromatic heterocycles. The van der Waals surface area contributed by atoms with Crippen LogP contribution in [-0.4, -0.2) is 29.4 Å². The lowest BCUT2D eigenvalue weighted by Crippen LogP contribution is -2.24. The van der Waals surface area contributed by atoms with Crippen LogP contribution in [0.1, 0.15) is 23.6 Å². The Bertz CT molecular complexity index is 1030. The molecule has 0 saturated heterocycles. The lowest BCUT2D eigenvalue weighted by molar-refractivity contribution is -0.116. The number of imidazole rings is 1. The largest absolute Gasteiger partial charge is 0.497 e. The fourth-order valence-corrected chi connectivity index (χ4v) is 3.55. The third-order valence-electron chi connectivity index (χ3n) is 4.92. The topological polar surface area (TPSA) is 74.6 Å². The molecule has 27 heavy (non-hydrogen) atoms. The molecular formula is C20H17N3O4. The van der Waals surface area contributed by atoms with E-state index in [0.29, 0.717) is 18.0 Å². The Morgan fingerprint density at radius 1 is 1.15 bits per heavy atom. The quantitative estimate of drug-likeness (QED) is 0.774. The van der Waals surface area contributed by atoms with Gasteiger partial charge in [0, 0.05) is 18.0 Å². The van der Waals surface area contributed by atoms with Gasteiger partial charge in [-0.05, 0) is 42.0 Å². The molecule has 2 aliphatic rings. The van der Waals surface area contributed by atoms with Crippen molar-refractivity contribution in [1.82, 2.24) is 9.55 Å². The molecule has 1 amide bonds. The molecule has 3 heterocycles. The zero-order valence-corrected chi connectivity index (χ0v) is 14.6. The van der Waals surface area contributed by atoms with E-state index in [1.54, 1.807) is 13.4 Å². The van der Waals surface area contributed by atoms with Crippen LogP contribution in [0.25, 0.3) is 5.69 Å². The van der Waals surface area contributed by atoms with Crippen LogP contribution in [0.2, 0.25) is 0 Å². The minimum atomic E-state index is -0.136. The number of hydrogen-bond donors (Lipinski definition) is 1. The SMILES string of the molecule is COc1ccc(-n2cnc3c2NC(=O)C[C@@H]3c2ccc3c(c2)OCO3)cc1. The molecule has 0 saturated carbocycles. The third-order valence-corrected chi connectivity index (χ3v) is 4.92. The van der Waals surface area contributed by atoms with E-state index in [0.717, 1.165) is 28.4 Å². The fourth-order valence-electron chi connectivity index (χ4n) is 3.55. The summed E-state index contributed by atoms with van der Waals surface area (Å²) in [6.07, 6.45) is 2.07. The maximum Gasteiger partial charge on any atom is 0.231 e. The maximum atomic E-state index is 12.4. The first-order chi connectivity index (χ1) is 13.2. The minimum absolute atomic E-state index is 0.0413. The summed E-state index contributed by atoms with van der Waals surface area (Å²) in [6.45, 7) is 0.223. The fraction of sp³-hybridized carbons (Fsp3) is 0.200. The molecule has 1 atom stereocenters. The van der Waals surface area contributed by atoms with E-state index in [9.17, 15) is 4.79 Å². The van der Waals surface area contributed by atoms with E-state index in [1.165, 1.54) is 0 Å². The number of hydrogen-bond acceptors (Lipinski definition) is 5. The number of fused-ring (bicyclic) bond motifs is 2. The normalized spacial score (nSPS) is 17.4. The molecule has 0 radical (unpaired) electrons. The molecular weight excluding hydrogens is 346 g/mol. The molecule has 7 heteroatoms. The van der Waals surface area contributed by atoms with Crippen molar-refractivity contribution >= 4 is 11.7 Å². The van der Waals surface area contributed by atoms with Crippen molar-refractivity contribution < 1.29 is 19.0 Å². The Morgan fingerprint density at radius 2 is 1.96 bits per heavy atom. The molecule has 0 fully saturated rings. The first-order valence-corrected chi connectivity index (χ1v) is 8.64. The average molecular weight is 363 g/mol. The van der Waals surface area contributed by atoms with Crippen LogP contribution in [0.3, 0.4) is 0 Å². The predicted octanol–water partition coefficient (Wildman–Crippen LogP) is 3.08. The Hall–Kier alpha value is -3.48. The summed E-state index contributed by atoms with van der Waals surface area (Å²) in [5.41, 5.74) is 2.72. The number of ether oxygens (including phenoxy) is 3. The van der Waals surface area contributed by atoms with Gasteiger partial charge in [-0.3, -0.25) is 9.36 Å². The predicted molar refractivity (Wildman–Crippen MR) is 97.8 cm³/mol. The van der Waals surface area contributed by atoms with Crippen molar-refractivity contribution in [1.29, 1.82) is 0 Å². The summed E-state index contributed by atoms with van der Waals surface area (Å²) in [5.74, 6) is 2.72. The van der Waals surface area contributed by atoms with E-state index in [-0.39, 0.29) is 18.6 Å². The summed E-state index contributed by atoms with van der Waals surface area (Å²) in [7, 11) is 1.63. The van der Waals surface area contributed by atoms with Crippen molar-refractivity contribution in [2.75, 3.05) is 19.2 Å². The molecule has 0 spiro atoms. The van der Waals surface area contributed by atoms with Crippen LogP contribution in [-0.2, 0) is 4.79 Å². The highest BCUT2D eigenvalue weighted by atomic mass is 16.7. The second-order valence-corrected chi connectivity index (χ2v) is 6.46. The van der Waals surface area contributed by atoms with Crippen LogP contribution >= 0.6 is 0 Å². The van der Waals surface area contributed by atoms with Crippen LogP contribution in [0.4, 0.5) is 5.82 Å². The van der Waals surface area contributed by atoms with Gasteiger partial charge in [-0.25, -0.2) is 4.98 Å². The molecule has 3 aromatic rings. The third kappa shape index (κ3) is 2.59. The molecule has 2 aromatic carbocycles. The second-order valence-electron chi connectivity index (χ2n) is 6.46. The van der Waals surface area contributed by atoms with Gasteiger partial charge in [0.05, 0.1) is 12.8 Å². The number of rotatable bonds is 3. The first kappa shape index (κ1) is 15.7. The number of nitrogens with one attached hydrogen (secondary N) is 1. The van der Waals surface area contributed by atoms with Crippen LogP contribution < -0.4 is 19.5 Å². The minimum Gasteiger partial charge on any atom is -0.497 e. The zero-order chi connectivity index (χ0) is 18.4. The molecule has 0 aliphatic carbocycles. The Kier molecular flexibility index (Phi) is 3.53. The van der Waals surface area contributed by atoms with E-state index in [1.807, 2.05) is 47.0 Å². The van der Waals surface area contributed by atoms with Gasteiger partial charge < -0.3 is 19.5 Å². The number of anilines is 1. The van der Waals surface area contributed by atoms with Gasteiger partial charge in [-0.15, -0.1) is 0 Å². The van der Waals surface area contributed by atoms with Gasteiger partial charge in [0.15, 0.2) is 11.5 Å². The average Bonchev–Trinajstić information content (AvgIpc) is 3.33. The van der Waals surface area contributed by atoms with Crippen molar-refractivity contribution in [2.24, 2.45) is 0 Å². The number of nitrogens with zero attached hydrogens (tertiary/aromatic N) is 2. The molecule has 2 aliphatic heterocycles. The molecule has 136 valence electrons. The summed E-state index contributed by atoms with van der Waals surface area (Å²) in [4.78, 5) is 17.0. The number of carbonyl (C=O) groups is 1. The van der Waals surface area contributed by atoms with Gasteiger partial charge in [0.25, 0.3) is 0 Å². The molecule has 7 nitrogen and oxygen atoms in total. The molecule has 5 rings (SSSR count). The molecule has 0 bridgehead atoms. The maximum absolute atomic E-state index is 12.4. The van der Waals surface area contributed by atoms with Crippen LogP contribution in [0, 0.1) is 0 Å². The molecule has 1 N–H and O–H groups in total. The Morgan fingerprint density at radius 3 is 2.78 bits per heavy atom. The van der Waals surface area contributed by atoms with E-state index in [2.05, 4.69) is 10.3 Å². The number of amides is 1.